The van der Waals surface area contributed by atoms with Gasteiger partial charge in [0.15, 0.2) is 0 Å². The molecule has 0 fully saturated rings. The van der Waals surface area contributed by atoms with Crippen molar-refractivity contribution in [3.8, 4) is 34.6 Å². The van der Waals surface area contributed by atoms with Gasteiger partial charge < -0.3 is 38.0 Å². The first kappa shape index (κ1) is 55.8. The third-order valence-electron chi connectivity index (χ3n) is 14.0. The first-order valence-electron chi connectivity index (χ1n) is 26.2. The van der Waals surface area contributed by atoms with Crippen LogP contribution in [0.2, 0.25) is 0 Å². The van der Waals surface area contributed by atoms with Gasteiger partial charge in [0.1, 0.15) is 23.1 Å². The number of hydrogen-bond acceptors (Lipinski definition) is 8. The number of ether oxygens (including phenoxy) is 2. The Bertz CT molecular complexity index is 4790. The molecule has 414 valence electrons. The van der Waals surface area contributed by atoms with E-state index in [0.717, 1.165) is 130 Å². The van der Waals surface area contributed by atoms with Crippen molar-refractivity contribution in [2.24, 2.45) is 0 Å². The zero-order valence-corrected chi connectivity index (χ0v) is 47.8. The smallest absolute Gasteiger partial charge is 0.503 e. The van der Waals surface area contributed by atoms with Crippen LogP contribution in [-0.2, 0) is 50.4 Å². The van der Waals surface area contributed by atoms with Crippen LogP contribution in [-0.4, -0.2) is 60.0 Å². The molecule has 10 aromatic heterocycles. The molecular formula is C68H46N8O6Pd2. The Morgan fingerprint density at radius 1 is 0.405 bits per heavy atom. The summed E-state index contributed by atoms with van der Waals surface area (Å²) < 4.78 is 21.5. The van der Waals surface area contributed by atoms with Crippen LogP contribution in [0, 0.1) is 12.1 Å². The first-order chi connectivity index (χ1) is 40.2. The van der Waals surface area contributed by atoms with Crippen molar-refractivity contribution in [1.82, 2.24) is 37.9 Å². The largest absolute Gasteiger partial charge is 2.00 e. The number of pyridine rings is 6. The maximum Gasteiger partial charge on any atom is 2.00 e. The predicted octanol–water partition coefficient (Wildman–Crippen LogP) is 15.6. The molecule has 0 bridgehead atoms. The maximum absolute atomic E-state index is 9.00. The normalized spacial score (nSPS) is 11.0. The van der Waals surface area contributed by atoms with Crippen molar-refractivity contribution in [3.63, 3.8) is 0 Å². The SMILES string of the molecule is CC(=O)O.CC(=O)O.[Pd+2].[Pd].[c-]1c(Oc2[c-]c3c(cc2)c2ccccc2n3-c2ccccn2)ccc2c1c1ncccc1n1cccc21.c1ccc(-n2c3ccccc3c3ccc(Oc4ccc5c(c4)c4ncccc4n4cccc54)cc32)nc1. The average Bonchev–Trinajstić information content (AvgIpc) is 4.46. The Morgan fingerprint density at radius 3 is 1.49 bits per heavy atom. The van der Waals surface area contributed by atoms with Gasteiger partial charge in [-0.2, -0.15) is 6.07 Å². The van der Waals surface area contributed by atoms with Crippen LogP contribution in [0.3, 0.4) is 0 Å². The quantitative estimate of drug-likeness (QED) is 0.0930. The monoisotopic (exact) mass is 1280 g/mol. The number of benzene rings is 6. The van der Waals surface area contributed by atoms with E-state index in [-0.39, 0.29) is 40.8 Å². The average molecular weight is 1280 g/mol. The number of para-hydroxylation sites is 2. The molecule has 16 aromatic rings. The molecule has 0 aliphatic rings. The Labute approximate surface area is 506 Å². The van der Waals surface area contributed by atoms with Crippen molar-refractivity contribution in [2.75, 3.05) is 0 Å². The van der Waals surface area contributed by atoms with Gasteiger partial charge in [0.05, 0.1) is 27.6 Å². The minimum Gasteiger partial charge on any atom is -0.503 e. The summed E-state index contributed by atoms with van der Waals surface area (Å²) in [6.45, 7) is 2.17. The minimum absolute atomic E-state index is 0. The Hall–Kier alpha value is -10.1. The summed E-state index contributed by atoms with van der Waals surface area (Å²) in [6, 6.07) is 72.7. The Morgan fingerprint density at radius 2 is 0.857 bits per heavy atom. The van der Waals surface area contributed by atoms with E-state index in [4.69, 9.17) is 34.3 Å². The van der Waals surface area contributed by atoms with Crippen molar-refractivity contribution < 1.29 is 70.1 Å². The van der Waals surface area contributed by atoms with Gasteiger partial charge in [0, 0.05) is 133 Å². The number of aliphatic carboxylic acids is 2. The molecular weight excluding hydrogens is 1240 g/mol. The van der Waals surface area contributed by atoms with Gasteiger partial charge in [0.25, 0.3) is 11.9 Å². The van der Waals surface area contributed by atoms with Crippen LogP contribution in [0.5, 0.6) is 23.0 Å². The summed E-state index contributed by atoms with van der Waals surface area (Å²) in [5.74, 6) is 2.83. The molecule has 14 nitrogen and oxygen atoms in total. The summed E-state index contributed by atoms with van der Waals surface area (Å²) in [6.07, 6.45) is 11.4. The molecule has 0 aliphatic carbocycles. The Balaban J connectivity index is 0.000000153. The van der Waals surface area contributed by atoms with E-state index < -0.39 is 11.9 Å². The van der Waals surface area contributed by atoms with Crippen molar-refractivity contribution in [1.29, 1.82) is 0 Å². The van der Waals surface area contributed by atoms with Crippen molar-refractivity contribution >= 4 is 110 Å². The van der Waals surface area contributed by atoms with Gasteiger partial charge in [-0.1, -0.05) is 71.6 Å². The fraction of sp³-hybridized carbons (Fsp3) is 0.0294. The molecule has 0 unspecified atom stereocenters. The zero-order chi connectivity index (χ0) is 55.8. The van der Waals surface area contributed by atoms with E-state index in [2.05, 4.69) is 173 Å². The molecule has 0 aliphatic heterocycles. The summed E-state index contributed by atoms with van der Waals surface area (Å²) in [7, 11) is 0. The molecule has 16 heteroatoms. The summed E-state index contributed by atoms with van der Waals surface area (Å²) in [4.78, 5) is 36.6. The first-order valence-corrected chi connectivity index (χ1v) is 26.2. The van der Waals surface area contributed by atoms with Gasteiger partial charge in [-0.15, -0.1) is 29.0 Å². The van der Waals surface area contributed by atoms with Crippen LogP contribution in [0.25, 0.3) is 110 Å². The van der Waals surface area contributed by atoms with E-state index in [0.29, 0.717) is 11.5 Å². The van der Waals surface area contributed by atoms with Crippen molar-refractivity contribution in [2.45, 2.75) is 13.8 Å². The van der Waals surface area contributed by atoms with Crippen LogP contribution >= 0.6 is 0 Å². The predicted molar refractivity (Wildman–Crippen MR) is 322 cm³/mol. The second kappa shape index (κ2) is 23.8. The molecule has 0 radical (unpaired) electrons. The number of nitrogens with zero attached hydrogens (tertiary/aromatic N) is 8. The van der Waals surface area contributed by atoms with E-state index in [1.807, 2.05) is 97.5 Å². The molecule has 10 heterocycles. The fourth-order valence-electron chi connectivity index (χ4n) is 10.8. The third kappa shape index (κ3) is 10.5. The number of carbonyl (C=O) groups is 2. The molecule has 0 amide bonds. The number of rotatable bonds is 6. The van der Waals surface area contributed by atoms with Gasteiger partial charge in [-0.25, -0.2) is 9.97 Å². The van der Waals surface area contributed by atoms with Gasteiger partial charge >= 0.3 is 20.4 Å². The Kier molecular flexibility index (Phi) is 15.8. The summed E-state index contributed by atoms with van der Waals surface area (Å²) in [5, 5.41) is 23.7. The van der Waals surface area contributed by atoms with Gasteiger partial charge in [-0.3, -0.25) is 19.1 Å². The van der Waals surface area contributed by atoms with E-state index in [1.54, 1.807) is 6.20 Å². The third-order valence-corrected chi connectivity index (χ3v) is 14.0. The molecule has 6 aromatic carbocycles. The van der Waals surface area contributed by atoms with E-state index >= 15 is 0 Å². The molecule has 0 spiro atoms. The summed E-state index contributed by atoms with van der Waals surface area (Å²) >= 11 is 0. The molecule has 16 rings (SSSR count). The topological polar surface area (TPSA) is 163 Å². The van der Waals surface area contributed by atoms with Crippen LogP contribution in [0.4, 0.5) is 0 Å². The van der Waals surface area contributed by atoms with Crippen LogP contribution < -0.4 is 9.47 Å². The van der Waals surface area contributed by atoms with Gasteiger partial charge in [0.2, 0.25) is 0 Å². The number of hydrogen-bond donors (Lipinski definition) is 2. The van der Waals surface area contributed by atoms with Gasteiger partial charge in [-0.05, 0) is 121 Å². The molecule has 84 heavy (non-hydrogen) atoms. The molecule has 0 saturated carbocycles. The van der Waals surface area contributed by atoms with Crippen molar-refractivity contribution in [3.05, 3.63) is 243 Å². The minimum atomic E-state index is -0.833. The van der Waals surface area contributed by atoms with Crippen LogP contribution in [0.15, 0.2) is 231 Å². The van der Waals surface area contributed by atoms with Crippen LogP contribution in [0.1, 0.15) is 13.8 Å². The zero-order valence-electron chi connectivity index (χ0n) is 44.7. The van der Waals surface area contributed by atoms with E-state index in [9.17, 15) is 0 Å². The number of aromatic nitrogens is 8. The fourth-order valence-corrected chi connectivity index (χ4v) is 10.8. The second-order valence-electron chi connectivity index (χ2n) is 19.2. The second-order valence-corrected chi connectivity index (χ2v) is 19.2. The molecule has 2 N–H and O–H groups in total. The number of carboxylic acids is 2. The molecule has 0 atom stereocenters. The standard InChI is InChI=1S/C32H20N4O.C32H18N4O.2C2H4O2.2Pd/c2*1-2-8-28-23(7-1)24-14-13-22(20-30(24)36(28)31-11-3-4-16-33-31)37-21-12-15-25-26(19-21)32-29(9-5-17-34-32)35-18-6-10-27(25)35;2*1-2(3)4;;/h1-20H;1-18H;2*1H3,(H,3,4);;/q;-2;;;;+2. The maximum atomic E-state index is 9.00. The number of fused-ring (bicyclic) bond motifs is 18. The molecule has 0 saturated heterocycles. The number of carboxylic acid groups (broad SMARTS) is 2. The summed E-state index contributed by atoms with van der Waals surface area (Å²) in [5.41, 5.74) is 10.4. The van der Waals surface area contributed by atoms with E-state index in [1.165, 1.54) is 5.39 Å².